The van der Waals surface area contributed by atoms with Crippen LogP contribution in [0.15, 0.2) is 30.3 Å². The number of esters is 2. The van der Waals surface area contributed by atoms with Crippen LogP contribution in [0.4, 0.5) is 0 Å². The summed E-state index contributed by atoms with van der Waals surface area (Å²) in [5.74, 6) is -0.453. The summed E-state index contributed by atoms with van der Waals surface area (Å²) in [5.41, 5.74) is 1.15. The molecule has 0 atom stereocenters. The number of ether oxygens (including phenoxy) is 2. The number of hydrogen-bond donors (Lipinski definition) is 0. The molecule has 182 valence electrons. The maximum Gasteiger partial charge on any atom is 0.305 e. The smallest absolute Gasteiger partial charge is 0.305 e. The van der Waals surface area contributed by atoms with E-state index in [9.17, 15) is 9.59 Å². The van der Waals surface area contributed by atoms with Crippen LogP contribution in [0, 0.1) is 0 Å². The maximum atomic E-state index is 11.8. The molecule has 0 fully saturated rings. The van der Waals surface area contributed by atoms with E-state index in [1.165, 1.54) is 70.6 Å². The molecule has 0 saturated carbocycles. The largest absolute Gasteiger partial charge is 0.466 e. The average molecular weight is 447 g/mol. The molecule has 4 heteroatoms. The second-order valence-electron chi connectivity index (χ2n) is 8.77. The zero-order valence-electron chi connectivity index (χ0n) is 20.5. The summed E-state index contributed by atoms with van der Waals surface area (Å²) in [4.78, 5) is 23.5. The topological polar surface area (TPSA) is 52.6 Å². The molecule has 1 rings (SSSR count). The van der Waals surface area contributed by atoms with Crippen LogP contribution in [0.25, 0.3) is 0 Å². The van der Waals surface area contributed by atoms with E-state index in [1.54, 1.807) is 0 Å². The monoisotopic (exact) mass is 446 g/mol. The van der Waals surface area contributed by atoms with Crippen molar-refractivity contribution in [2.45, 2.75) is 116 Å². The molecule has 0 aliphatic carbocycles. The Bertz CT molecular complexity index is 570. The van der Waals surface area contributed by atoms with Crippen molar-refractivity contribution in [1.82, 2.24) is 0 Å². The van der Waals surface area contributed by atoms with Crippen molar-refractivity contribution in [3.05, 3.63) is 35.9 Å². The second-order valence-corrected chi connectivity index (χ2v) is 8.77. The molecular formula is C28H46O4. The third kappa shape index (κ3) is 17.8. The Balaban J connectivity index is 1.81. The van der Waals surface area contributed by atoms with Crippen molar-refractivity contribution in [3.63, 3.8) is 0 Å². The lowest BCUT2D eigenvalue weighted by Crippen LogP contribution is -2.10. The van der Waals surface area contributed by atoms with Crippen LogP contribution in [0.2, 0.25) is 0 Å². The number of carbonyl (C=O) groups excluding carboxylic acids is 2. The lowest BCUT2D eigenvalue weighted by Gasteiger charge is -2.06. The van der Waals surface area contributed by atoms with Crippen LogP contribution in [0.5, 0.6) is 0 Å². The highest BCUT2D eigenvalue weighted by atomic mass is 16.5. The molecule has 0 unspecified atom stereocenters. The van der Waals surface area contributed by atoms with Crippen molar-refractivity contribution in [2.75, 3.05) is 13.2 Å². The normalized spacial score (nSPS) is 10.8. The van der Waals surface area contributed by atoms with Gasteiger partial charge in [0.25, 0.3) is 0 Å². The average Bonchev–Trinajstić information content (AvgIpc) is 2.80. The number of benzene rings is 1. The Kier molecular flexibility index (Phi) is 18.5. The highest BCUT2D eigenvalue weighted by Gasteiger charge is 2.07. The summed E-state index contributed by atoms with van der Waals surface area (Å²) in [7, 11) is 0. The first-order valence-corrected chi connectivity index (χ1v) is 13.1. The highest BCUT2D eigenvalue weighted by molar-refractivity contribution is 5.72. The van der Waals surface area contributed by atoms with E-state index in [2.05, 4.69) is 6.92 Å². The van der Waals surface area contributed by atoms with Gasteiger partial charge in [0, 0.05) is 19.3 Å². The third-order valence-electron chi connectivity index (χ3n) is 5.77. The van der Waals surface area contributed by atoms with Crippen LogP contribution >= 0.6 is 0 Å². The van der Waals surface area contributed by atoms with Gasteiger partial charge in [-0.05, 0) is 18.4 Å². The number of hydrogen-bond acceptors (Lipinski definition) is 4. The van der Waals surface area contributed by atoms with Gasteiger partial charge in [0.15, 0.2) is 0 Å². The Hall–Kier alpha value is -1.84. The minimum Gasteiger partial charge on any atom is -0.466 e. The van der Waals surface area contributed by atoms with E-state index >= 15 is 0 Å². The molecular weight excluding hydrogens is 400 g/mol. The molecule has 0 aliphatic heterocycles. The molecule has 0 aromatic heterocycles. The lowest BCUT2D eigenvalue weighted by atomic mass is 10.0. The molecule has 0 heterocycles. The summed E-state index contributed by atoms with van der Waals surface area (Å²) in [6, 6.07) is 9.94. The van der Waals surface area contributed by atoms with Crippen LogP contribution in [-0.4, -0.2) is 25.2 Å². The fourth-order valence-corrected chi connectivity index (χ4v) is 3.75. The third-order valence-corrected chi connectivity index (χ3v) is 5.77. The van der Waals surface area contributed by atoms with E-state index in [4.69, 9.17) is 9.47 Å². The minimum absolute atomic E-state index is 0.207. The van der Waals surface area contributed by atoms with Crippen LogP contribution in [0.3, 0.4) is 0 Å². The molecule has 0 amide bonds. The van der Waals surface area contributed by atoms with Gasteiger partial charge >= 0.3 is 11.9 Å². The van der Waals surface area contributed by atoms with E-state index in [0.29, 0.717) is 26.1 Å². The first-order valence-electron chi connectivity index (χ1n) is 13.1. The zero-order valence-corrected chi connectivity index (χ0v) is 20.5. The van der Waals surface area contributed by atoms with Crippen molar-refractivity contribution < 1.29 is 19.1 Å². The SMILES string of the molecule is CCCCCCCCCCCCCCCOC(=O)CCCC(=O)OCCc1ccccc1. The molecule has 1 aromatic carbocycles. The standard InChI is InChI=1S/C28H46O4/c1-2-3-4-5-6-7-8-9-10-11-12-13-17-24-31-27(29)21-18-22-28(30)32-25-23-26-19-15-14-16-20-26/h14-16,19-20H,2-13,17-18,21-25H2,1H3. The Morgan fingerprint density at radius 2 is 1.06 bits per heavy atom. The van der Waals surface area contributed by atoms with Gasteiger partial charge in [-0.3, -0.25) is 9.59 Å². The molecule has 0 N–H and O–H groups in total. The number of carbonyl (C=O) groups is 2. The van der Waals surface area contributed by atoms with Crippen LogP contribution in [0.1, 0.15) is 115 Å². The maximum absolute atomic E-state index is 11.8. The summed E-state index contributed by atoms with van der Waals surface area (Å²) in [5, 5.41) is 0. The summed E-state index contributed by atoms with van der Waals surface area (Å²) < 4.78 is 10.5. The Morgan fingerprint density at radius 1 is 0.594 bits per heavy atom. The fourth-order valence-electron chi connectivity index (χ4n) is 3.75. The van der Waals surface area contributed by atoms with Gasteiger partial charge in [-0.25, -0.2) is 0 Å². The van der Waals surface area contributed by atoms with E-state index in [-0.39, 0.29) is 24.8 Å². The van der Waals surface area contributed by atoms with Crippen molar-refractivity contribution in [3.8, 4) is 0 Å². The van der Waals surface area contributed by atoms with Crippen LogP contribution in [-0.2, 0) is 25.5 Å². The Morgan fingerprint density at radius 3 is 1.59 bits per heavy atom. The van der Waals surface area contributed by atoms with Gasteiger partial charge in [-0.1, -0.05) is 114 Å². The van der Waals surface area contributed by atoms with Gasteiger partial charge in [0.05, 0.1) is 13.2 Å². The lowest BCUT2D eigenvalue weighted by molar-refractivity contribution is -0.145. The molecule has 4 nitrogen and oxygen atoms in total. The molecule has 32 heavy (non-hydrogen) atoms. The minimum atomic E-state index is -0.245. The molecule has 1 aromatic rings. The quantitative estimate of drug-likeness (QED) is 0.144. The first-order chi connectivity index (χ1) is 15.7. The van der Waals surface area contributed by atoms with Crippen molar-refractivity contribution >= 4 is 11.9 Å². The van der Waals surface area contributed by atoms with Gasteiger partial charge < -0.3 is 9.47 Å². The molecule has 0 bridgehead atoms. The zero-order chi connectivity index (χ0) is 23.1. The molecule has 0 aliphatic rings. The summed E-state index contributed by atoms with van der Waals surface area (Å²) >= 11 is 0. The van der Waals surface area contributed by atoms with E-state index in [1.807, 2.05) is 30.3 Å². The molecule has 0 saturated heterocycles. The van der Waals surface area contributed by atoms with Crippen molar-refractivity contribution in [1.29, 1.82) is 0 Å². The predicted octanol–water partition coefficient (Wildman–Crippen LogP) is 7.58. The van der Waals surface area contributed by atoms with Gasteiger partial charge in [0.2, 0.25) is 0 Å². The first kappa shape index (κ1) is 28.2. The summed E-state index contributed by atoms with van der Waals surface area (Å²) in [6.07, 6.45) is 18.7. The van der Waals surface area contributed by atoms with E-state index < -0.39 is 0 Å². The molecule has 0 radical (unpaired) electrons. The van der Waals surface area contributed by atoms with Gasteiger partial charge in [-0.15, -0.1) is 0 Å². The predicted molar refractivity (Wildman–Crippen MR) is 132 cm³/mol. The second kappa shape index (κ2) is 21.0. The number of rotatable bonds is 21. The Labute approximate surface area is 196 Å². The van der Waals surface area contributed by atoms with Crippen LogP contribution < -0.4 is 0 Å². The highest BCUT2D eigenvalue weighted by Crippen LogP contribution is 2.12. The van der Waals surface area contributed by atoms with E-state index in [0.717, 1.165) is 18.4 Å². The molecule has 0 spiro atoms. The number of unbranched alkanes of at least 4 members (excludes halogenated alkanes) is 12. The summed E-state index contributed by atoms with van der Waals surface area (Å²) in [6.45, 7) is 3.14. The fraction of sp³-hybridized carbons (Fsp3) is 0.714. The van der Waals surface area contributed by atoms with Crippen molar-refractivity contribution in [2.24, 2.45) is 0 Å². The van der Waals surface area contributed by atoms with Gasteiger partial charge in [0.1, 0.15) is 0 Å². The van der Waals surface area contributed by atoms with Gasteiger partial charge in [-0.2, -0.15) is 0 Å².